The van der Waals surface area contributed by atoms with Gasteiger partial charge in [-0.3, -0.25) is 18.9 Å². The quantitative estimate of drug-likeness (QED) is 0.277. The first kappa shape index (κ1) is 32.7. The zero-order valence-electron chi connectivity index (χ0n) is 22.6. The van der Waals surface area contributed by atoms with E-state index in [4.69, 9.17) is 9.79 Å². The average molecular weight is 535 g/mol. The summed E-state index contributed by atoms with van der Waals surface area (Å²) >= 11 is 0. The molecule has 11 nitrogen and oxygen atoms in total. The minimum Gasteiger partial charge on any atom is -0.390 e. The summed E-state index contributed by atoms with van der Waals surface area (Å²) in [4.78, 5) is 47.8. The Morgan fingerprint density at radius 3 is 1.81 bits per heavy atom. The van der Waals surface area contributed by atoms with Crippen LogP contribution < -0.4 is 11.2 Å². The Morgan fingerprint density at radius 1 is 0.972 bits per heavy atom. The van der Waals surface area contributed by atoms with Crippen molar-refractivity contribution in [3.63, 3.8) is 0 Å². The van der Waals surface area contributed by atoms with Crippen LogP contribution in [-0.4, -0.2) is 97.0 Å². The predicted octanol–water partition coefficient (Wildman–Crippen LogP) is 1.08. The number of H-pyrrole nitrogens is 1. The molecule has 0 radical (unpaired) electrons. The van der Waals surface area contributed by atoms with Crippen LogP contribution in [0.5, 0.6) is 0 Å². The van der Waals surface area contributed by atoms with Gasteiger partial charge in [0.25, 0.3) is 5.56 Å². The highest BCUT2D eigenvalue weighted by atomic mass is 31.2. The van der Waals surface area contributed by atoms with Gasteiger partial charge in [0.05, 0.1) is 18.3 Å². The number of hydrogen-bond donors (Lipinski definition) is 5. The second-order valence-electron chi connectivity index (χ2n) is 9.36. The topological polar surface area (TPSA) is 159 Å². The SMILES string of the molecule is CCN(CC)CC.CCN(CC)CC.O=c1ccn([C@H]2[C@H](O)[C@H](O)[C@]3(CCP(=O)(O)O)C[C@H]23)c(=O)[nH]1. The van der Waals surface area contributed by atoms with Crippen LogP contribution in [-0.2, 0) is 4.57 Å². The van der Waals surface area contributed by atoms with Gasteiger partial charge in [0.15, 0.2) is 0 Å². The summed E-state index contributed by atoms with van der Waals surface area (Å²) < 4.78 is 12.2. The molecule has 0 unspecified atom stereocenters. The van der Waals surface area contributed by atoms with Crippen LogP contribution in [0.1, 0.15) is 60.4 Å². The second kappa shape index (κ2) is 14.6. The summed E-state index contributed by atoms with van der Waals surface area (Å²) in [6.07, 6.45) is -0.942. The molecule has 1 aromatic rings. The van der Waals surface area contributed by atoms with Crippen molar-refractivity contribution in [1.82, 2.24) is 19.4 Å². The smallest absolute Gasteiger partial charge is 0.328 e. The van der Waals surface area contributed by atoms with Gasteiger partial charge in [-0.05, 0) is 58.0 Å². The molecule has 1 aromatic heterocycles. The Kier molecular flexibility index (Phi) is 13.2. The standard InChI is InChI=1S/C12H17N2O7P.2C6H15N/c15-7-1-3-14(11(18)13-7)8-6-5-12(6,10(17)9(8)16)2-4-22(19,20)21;2*1-4-7(5-2)6-3/h1,3,6,8-10,16-17H,2,4-5H2,(H,13,15,18)(H2,19,20,21);2*4-6H2,1-3H3/t6-,8-,9+,10+,12-;;/m1../s1. The molecule has 0 aromatic carbocycles. The van der Waals surface area contributed by atoms with Crippen LogP contribution in [0.2, 0.25) is 0 Å². The number of aromatic amines is 1. The van der Waals surface area contributed by atoms with Crippen molar-refractivity contribution in [3.8, 4) is 0 Å². The van der Waals surface area contributed by atoms with Gasteiger partial charge in [-0.1, -0.05) is 41.5 Å². The van der Waals surface area contributed by atoms with Crippen molar-refractivity contribution in [2.75, 3.05) is 45.4 Å². The number of fused-ring (bicyclic) bond motifs is 1. The number of hydrogen-bond acceptors (Lipinski definition) is 7. The Labute approximate surface area is 214 Å². The molecule has 2 aliphatic rings. The van der Waals surface area contributed by atoms with Gasteiger partial charge in [0.2, 0.25) is 0 Å². The van der Waals surface area contributed by atoms with E-state index in [-0.39, 0.29) is 18.5 Å². The fourth-order valence-corrected chi connectivity index (χ4v) is 5.78. The highest BCUT2D eigenvalue weighted by Crippen LogP contribution is 2.70. The van der Waals surface area contributed by atoms with Gasteiger partial charge < -0.3 is 29.8 Å². The first-order chi connectivity index (χ1) is 16.8. The molecule has 0 bridgehead atoms. The van der Waals surface area contributed by atoms with Crippen LogP contribution in [0.15, 0.2) is 21.9 Å². The predicted molar refractivity (Wildman–Crippen MR) is 141 cm³/mol. The second-order valence-corrected chi connectivity index (χ2v) is 11.1. The maximum absolute atomic E-state index is 11.9. The zero-order chi connectivity index (χ0) is 27.7. The molecular weight excluding hydrogens is 487 g/mol. The molecule has 12 heteroatoms. The lowest BCUT2D eigenvalue weighted by Crippen LogP contribution is -2.39. The first-order valence-corrected chi connectivity index (χ1v) is 14.8. The summed E-state index contributed by atoms with van der Waals surface area (Å²) in [6.45, 7) is 20.2. The van der Waals surface area contributed by atoms with Crippen molar-refractivity contribution in [2.45, 2.75) is 72.6 Å². The summed E-state index contributed by atoms with van der Waals surface area (Å²) in [7, 11) is -4.20. The van der Waals surface area contributed by atoms with E-state index in [1.807, 2.05) is 0 Å². The van der Waals surface area contributed by atoms with Crippen molar-refractivity contribution in [2.24, 2.45) is 11.3 Å². The third kappa shape index (κ3) is 8.62. The van der Waals surface area contributed by atoms with E-state index in [1.54, 1.807) is 0 Å². The monoisotopic (exact) mass is 534 g/mol. The lowest BCUT2D eigenvalue weighted by molar-refractivity contribution is -0.0194. The normalized spacial score (nSPS) is 26.7. The van der Waals surface area contributed by atoms with Crippen molar-refractivity contribution < 1.29 is 24.6 Å². The Hall–Kier alpha value is -1.33. The maximum Gasteiger partial charge on any atom is 0.328 e. The molecular formula is C24H47N4O7P. The van der Waals surface area contributed by atoms with Gasteiger partial charge in [-0.25, -0.2) is 4.79 Å². The van der Waals surface area contributed by atoms with Crippen LogP contribution in [0.4, 0.5) is 0 Å². The molecule has 36 heavy (non-hydrogen) atoms. The molecule has 5 atom stereocenters. The van der Waals surface area contributed by atoms with E-state index in [2.05, 4.69) is 56.3 Å². The van der Waals surface area contributed by atoms with E-state index in [0.29, 0.717) is 6.42 Å². The number of aliphatic hydroxyl groups excluding tert-OH is 2. The van der Waals surface area contributed by atoms with Crippen molar-refractivity contribution >= 4 is 7.60 Å². The molecule has 1 heterocycles. The van der Waals surface area contributed by atoms with E-state index in [0.717, 1.165) is 6.07 Å². The minimum absolute atomic E-state index is 0.0781. The van der Waals surface area contributed by atoms with Gasteiger partial charge in [-0.15, -0.1) is 0 Å². The van der Waals surface area contributed by atoms with Crippen LogP contribution in [0.3, 0.4) is 0 Å². The van der Waals surface area contributed by atoms with E-state index >= 15 is 0 Å². The van der Waals surface area contributed by atoms with Crippen LogP contribution >= 0.6 is 7.60 Å². The highest BCUT2D eigenvalue weighted by Gasteiger charge is 2.71. The molecule has 0 spiro atoms. The van der Waals surface area contributed by atoms with Gasteiger partial charge in [0.1, 0.15) is 6.10 Å². The first-order valence-electron chi connectivity index (χ1n) is 13.0. The molecule has 0 aliphatic heterocycles. The highest BCUT2D eigenvalue weighted by molar-refractivity contribution is 7.51. The fourth-order valence-electron chi connectivity index (χ4n) is 5.07. The van der Waals surface area contributed by atoms with Gasteiger partial charge in [-0.2, -0.15) is 0 Å². The third-order valence-electron chi connectivity index (χ3n) is 7.58. The molecule has 2 fully saturated rings. The summed E-state index contributed by atoms with van der Waals surface area (Å²) in [5, 5.41) is 20.4. The van der Waals surface area contributed by atoms with E-state index in [1.165, 1.54) is 50.0 Å². The molecule has 2 aliphatic carbocycles. The van der Waals surface area contributed by atoms with E-state index < -0.39 is 42.5 Å². The molecule has 3 rings (SSSR count). The largest absolute Gasteiger partial charge is 0.390 e. The molecule has 0 amide bonds. The van der Waals surface area contributed by atoms with Gasteiger partial charge >= 0.3 is 13.3 Å². The molecule has 5 N–H and O–H groups in total. The number of nitrogens with zero attached hydrogens (tertiary/aromatic N) is 3. The Bertz CT molecular complexity index is 918. The summed E-state index contributed by atoms with van der Waals surface area (Å²) in [5.74, 6) is -0.257. The van der Waals surface area contributed by atoms with Crippen LogP contribution in [0.25, 0.3) is 0 Å². The lowest BCUT2D eigenvalue weighted by atomic mass is 9.96. The molecule has 0 saturated heterocycles. The third-order valence-corrected chi connectivity index (χ3v) is 8.38. The molecule has 210 valence electrons. The minimum atomic E-state index is -4.20. The van der Waals surface area contributed by atoms with Crippen molar-refractivity contribution in [3.05, 3.63) is 33.1 Å². The zero-order valence-corrected chi connectivity index (χ0v) is 23.5. The fraction of sp³-hybridized carbons (Fsp3) is 0.833. The summed E-state index contributed by atoms with van der Waals surface area (Å²) in [6, 6.07) is 0.439. The summed E-state index contributed by atoms with van der Waals surface area (Å²) in [5.41, 5.74) is -2.01. The molecule has 2 saturated carbocycles. The average Bonchev–Trinajstić information content (AvgIpc) is 3.52. The van der Waals surface area contributed by atoms with Crippen LogP contribution in [0, 0.1) is 11.3 Å². The van der Waals surface area contributed by atoms with Gasteiger partial charge in [0, 0.05) is 17.7 Å². The lowest BCUT2D eigenvalue weighted by Gasteiger charge is -2.24. The number of aliphatic hydroxyl groups is 2. The number of aromatic nitrogens is 2. The number of rotatable bonds is 10. The maximum atomic E-state index is 11.9. The number of nitrogens with one attached hydrogen (secondary N) is 1. The Morgan fingerprint density at radius 2 is 1.44 bits per heavy atom. The Balaban J connectivity index is 0.000000383. The van der Waals surface area contributed by atoms with E-state index in [9.17, 15) is 24.4 Å². The van der Waals surface area contributed by atoms with Crippen molar-refractivity contribution in [1.29, 1.82) is 0 Å².